The first kappa shape index (κ1) is 17.6. The highest BCUT2D eigenvalue weighted by molar-refractivity contribution is 5.76. The Morgan fingerprint density at radius 2 is 2.04 bits per heavy atom. The number of halogens is 1. The van der Waals surface area contributed by atoms with E-state index in [2.05, 4.69) is 10.1 Å². The Balaban J connectivity index is 1.52. The number of nitrogens with zero attached hydrogens (tertiary/aromatic N) is 4. The first-order valence-corrected chi connectivity index (χ1v) is 8.91. The van der Waals surface area contributed by atoms with E-state index in [1.54, 1.807) is 12.1 Å². The molecule has 1 saturated heterocycles. The van der Waals surface area contributed by atoms with Crippen molar-refractivity contribution in [2.75, 3.05) is 13.1 Å². The fourth-order valence-corrected chi connectivity index (χ4v) is 3.48. The molecular formula is C19H25FN4O. The molecule has 0 N–H and O–H groups in total. The summed E-state index contributed by atoms with van der Waals surface area (Å²) in [6.07, 6.45) is 3.27. The number of rotatable bonds is 5. The molecule has 1 atom stereocenters. The van der Waals surface area contributed by atoms with Crippen molar-refractivity contribution in [1.82, 2.24) is 19.7 Å². The van der Waals surface area contributed by atoms with Gasteiger partial charge in [-0.2, -0.15) is 5.10 Å². The van der Waals surface area contributed by atoms with E-state index in [1.807, 2.05) is 23.4 Å². The van der Waals surface area contributed by atoms with Crippen LogP contribution in [0.1, 0.15) is 36.5 Å². The maximum Gasteiger partial charge on any atom is 0.222 e. The lowest BCUT2D eigenvalue weighted by molar-refractivity contribution is -0.133. The van der Waals surface area contributed by atoms with E-state index in [1.165, 1.54) is 12.1 Å². The molecule has 0 radical (unpaired) electrons. The molecule has 1 aromatic heterocycles. The number of amides is 1. The minimum absolute atomic E-state index is 0.181. The summed E-state index contributed by atoms with van der Waals surface area (Å²) in [5.74, 6) is 2.08. The Morgan fingerprint density at radius 3 is 2.72 bits per heavy atom. The van der Waals surface area contributed by atoms with Gasteiger partial charge in [-0.15, -0.1) is 0 Å². The van der Waals surface area contributed by atoms with Gasteiger partial charge < -0.3 is 4.90 Å². The molecule has 0 unspecified atom stereocenters. The number of likely N-dealkylation sites (tertiary alicyclic amines) is 1. The average molecular weight is 344 g/mol. The lowest BCUT2D eigenvalue weighted by Crippen LogP contribution is -2.41. The van der Waals surface area contributed by atoms with Crippen LogP contribution in [0.4, 0.5) is 4.39 Å². The topological polar surface area (TPSA) is 51.0 Å². The third-order valence-electron chi connectivity index (χ3n) is 4.81. The predicted octanol–water partition coefficient (Wildman–Crippen LogP) is 2.91. The highest BCUT2D eigenvalue weighted by atomic mass is 19.1. The van der Waals surface area contributed by atoms with Crippen molar-refractivity contribution in [2.24, 2.45) is 5.92 Å². The van der Waals surface area contributed by atoms with Crippen LogP contribution in [-0.2, 0) is 17.8 Å². The second kappa shape index (κ2) is 7.76. The summed E-state index contributed by atoms with van der Waals surface area (Å²) in [6, 6.07) is 6.38. The van der Waals surface area contributed by atoms with Gasteiger partial charge in [-0.3, -0.25) is 4.79 Å². The first-order valence-electron chi connectivity index (χ1n) is 8.91. The van der Waals surface area contributed by atoms with Crippen LogP contribution < -0.4 is 0 Å². The van der Waals surface area contributed by atoms with Gasteiger partial charge in [0.1, 0.15) is 17.5 Å². The SMILES string of the molecule is Cc1nc(C)n(C[C@@H]2CCCN(C(=O)CCc3ccc(F)cc3)C2)n1. The molecule has 0 aliphatic carbocycles. The number of carbonyl (C=O) groups is 1. The molecule has 1 aliphatic rings. The number of carbonyl (C=O) groups excluding carboxylic acids is 1. The number of hydrogen-bond acceptors (Lipinski definition) is 3. The molecule has 0 saturated carbocycles. The standard InChI is InChI=1S/C19H25FN4O/c1-14-21-15(2)24(22-14)13-17-4-3-11-23(12-17)19(25)10-7-16-5-8-18(20)9-6-16/h5-6,8-9,17H,3-4,7,10-13H2,1-2H3/t17-/m1/s1. The van der Waals surface area contributed by atoms with E-state index in [-0.39, 0.29) is 11.7 Å². The van der Waals surface area contributed by atoms with Gasteiger partial charge in [0.25, 0.3) is 0 Å². The Labute approximate surface area is 147 Å². The van der Waals surface area contributed by atoms with Crippen molar-refractivity contribution in [3.05, 3.63) is 47.3 Å². The van der Waals surface area contributed by atoms with Crippen LogP contribution in [0.15, 0.2) is 24.3 Å². The summed E-state index contributed by atoms with van der Waals surface area (Å²) < 4.78 is 14.9. The summed E-state index contributed by atoms with van der Waals surface area (Å²) in [6.45, 7) is 6.28. The van der Waals surface area contributed by atoms with E-state index < -0.39 is 0 Å². The zero-order valence-electron chi connectivity index (χ0n) is 14.9. The minimum Gasteiger partial charge on any atom is -0.342 e. The normalized spacial score (nSPS) is 17.7. The molecule has 0 bridgehead atoms. The van der Waals surface area contributed by atoms with E-state index in [9.17, 15) is 9.18 Å². The molecule has 6 heteroatoms. The molecule has 5 nitrogen and oxygen atoms in total. The van der Waals surface area contributed by atoms with Gasteiger partial charge in [-0.1, -0.05) is 12.1 Å². The number of hydrogen-bond donors (Lipinski definition) is 0. The van der Waals surface area contributed by atoms with E-state index >= 15 is 0 Å². The summed E-state index contributed by atoms with van der Waals surface area (Å²) >= 11 is 0. The van der Waals surface area contributed by atoms with Crippen LogP contribution in [-0.4, -0.2) is 38.7 Å². The van der Waals surface area contributed by atoms with Crippen molar-refractivity contribution in [2.45, 2.75) is 46.1 Å². The largest absolute Gasteiger partial charge is 0.342 e. The quantitative estimate of drug-likeness (QED) is 0.838. The van der Waals surface area contributed by atoms with Crippen molar-refractivity contribution in [1.29, 1.82) is 0 Å². The van der Waals surface area contributed by atoms with Gasteiger partial charge in [0.15, 0.2) is 0 Å². The molecule has 1 fully saturated rings. The van der Waals surface area contributed by atoms with Crippen LogP contribution in [0.5, 0.6) is 0 Å². The predicted molar refractivity (Wildman–Crippen MR) is 93.5 cm³/mol. The smallest absolute Gasteiger partial charge is 0.222 e. The molecule has 25 heavy (non-hydrogen) atoms. The molecule has 134 valence electrons. The highest BCUT2D eigenvalue weighted by Gasteiger charge is 2.24. The molecule has 3 rings (SSSR count). The van der Waals surface area contributed by atoms with Crippen molar-refractivity contribution < 1.29 is 9.18 Å². The van der Waals surface area contributed by atoms with Crippen LogP contribution >= 0.6 is 0 Å². The fourth-order valence-electron chi connectivity index (χ4n) is 3.48. The van der Waals surface area contributed by atoms with E-state index in [4.69, 9.17) is 0 Å². The zero-order chi connectivity index (χ0) is 17.8. The second-order valence-corrected chi connectivity index (χ2v) is 6.86. The molecule has 1 aliphatic heterocycles. The monoisotopic (exact) mass is 344 g/mol. The van der Waals surface area contributed by atoms with Crippen molar-refractivity contribution >= 4 is 5.91 Å². The summed E-state index contributed by atoms with van der Waals surface area (Å²) in [7, 11) is 0. The molecular weight excluding hydrogens is 319 g/mol. The number of aromatic nitrogens is 3. The second-order valence-electron chi connectivity index (χ2n) is 6.86. The van der Waals surface area contributed by atoms with Crippen LogP contribution in [0.25, 0.3) is 0 Å². The number of aryl methyl sites for hydroxylation is 3. The van der Waals surface area contributed by atoms with Gasteiger partial charge in [0.2, 0.25) is 5.91 Å². The molecule has 0 spiro atoms. The van der Waals surface area contributed by atoms with Gasteiger partial charge in [0.05, 0.1) is 0 Å². The van der Waals surface area contributed by atoms with Gasteiger partial charge in [-0.05, 0) is 56.7 Å². The summed E-state index contributed by atoms with van der Waals surface area (Å²) in [5.41, 5.74) is 0.997. The Bertz CT molecular complexity index is 726. The Kier molecular flexibility index (Phi) is 5.46. The first-order chi connectivity index (χ1) is 12.0. The molecule has 1 amide bonds. The molecule has 2 heterocycles. The third-order valence-corrected chi connectivity index (χ3v) is 4.81. The maximum atomic E-state index is 12.9. The lowest BCUT2D eigenvalue weighted by Gasteiger charge is -2.33. The molecule has 1 aromatic carbocycles. The van der Waals surface area contributed by atoms with E-state index in [0.717, 1.165) is 49.7 Å². The summed E-state index contributed by atoms with van der Waals surface area (Å²) in [4.78, 5) is 18.8. The van der Waals surface area contributed by atoms with Gasteiger partial charge >= 0.3 is 0 Å². The zero-order valence-corrected chi connectivity index (χ0v) is 14.9. The van der Waals surface area contributed by atoms with Crippen LogP contribution in [0, 0.1) is 25.6 Å². The average Bonchev–Trinajstić information content (AvgIpc) is 2.91. The minimum atomic E-state index is -0.243. The van der Waals surface area contributed by atoms with Crippen LogP contribution in [0.2, 0.25) is 0 Å². The van der Waals surface area contributed by atoms with Gasteiger partial charge in [0, 0.05) is 26.1 Å². The number of piperidine rings is 1. The van der Waals surface area contributed by atoms with Gasteiger partial charge in [-0.25, -0.2) is 14.1 Å². The Hall–Kier alpha value is -2.24. The maximum absolute atomic E-state index is 12.9. The third kappa shape index (κ3) is 4.65. The Morgan fingerprint density at radius 1 is 1.28 bits per heavy atom. The van der Waals surface area contributed by atoms with Crippen LogP contribution in [0.3, 0.4) is 0 Å². The van der Waals surface area contributed by atoms with Crippen molar-refractivity contribution in [3.63, 3.8) is 0 Å². The number of benzene rings is 1. The van der Waals surface area contributed by atoms with E-state index in [0.29, 0.717) is 18.8 Å². The lowest BCUT2D eigenvalue weighted by atomic mass is 9.97. The summed E-state index contributed by atoms with van der Waals surface area (Å²) in [5, 5.41) is 4.43. The fraction of sp³-hybridized carbons (Fsp3) is 0.526. The highest BCUT2D eigenvalue weighted by Crippen LogP contribution is 2.20. The molecule has 2 aromatic rings. The van der Waals surface area contributed by atoms with Crippen molar-refractivity contribution in [3.8, 4) is 0 Å².